The van der Waals surface area contributed by atoms with Crippen molar-refractivity contribution in [3.63, 3.8) is 0 Å². The van der Waals surface area contributed by atoms with Crippen molar-refractivity contribution in [1.29, 1.82) is 0 Å². The van der Waals surface area contributed by atoms with Gasteiger partial charge >= 0.3 is 0 Å². The lowest BCUT2D eigenvalue weighted by Crippen LogP contribution is -2.17. The third-order valence-electron chi connectivity index (χ3n) is 4.53. The Morgan fingerprint density at radius 2 is 1.96 bits per heavy atom. The van der Waals surface area contributed by atoms with Crippen molar-refractivity contribution >= 4 is 29.0 Å². The van der Waals surface area contributed by atoms with E-state index in [-0.39, 0.29) is 16.6 Å². The van der Waals surface area contributed by atoms with Crippen LogP contribution in [-0.4, -0.2) is 20.8 Å². The first-order valence-electron chi connectivity index (χ1n) is 9.42. The van der Waals surface area contributed by atoms with Crippen LogP contribution in [0.2, 0.25) is 10.0 Å². The van der Waals surface area contributed by atoms with E-state index in [4.69, 9.17) is 23.2 Å². The molecule has 2 aromatic heterocycles. The molecule has 2 heterocycles. The molecule has 148 valence electrons. The second kappa shape index (κ2) is 9.39. The Bertz CT molecular complexity index is 908. The third-order valence-corrected chi connectivity index (χ3v) is 5.15. The molecular weight excluding hydrogens is 398 g/mol. The van der Waals surface area contributed by atoms with Crippen molar-refractivity contribution in [2.75, 3.05) is 5.32 Å². The fourth-order valence-corrected chi connectivity index (χ4v) is 3.65. The Morgan fingerprint density at radius 1 is 1.14 bits per heavy atom. The quantitative estimate of drug-likeness (QED) is 0.409. The molecule has 3 aromatic rings. The highest BCUT2D eigenvalue weighted by Crippen LogP contribution is 2.40. The van der Waals surface area contributed by atoms with Gasteiger partial charge in [0, 0.05) is 35.6 Å². The number of benzene rings is 1. The molecular formula is C21H23Cl2FN4. The van der Waals surface area contributed by atoms with E-state index >= 15 is 0 Å². The van der Waals surface area contributed by atoms with Gasteiger partial charge in [-0.05, 0) is 31.5 Å². The molecule has 28 heavy (non-hydrogen) atoms. The van der Waals surface area contributed by atoms with E-state index < -0.39 is 5.82 Å². The second-order valence-corrected chi connectivity index (χ2v) is 7.59. The molecule has 1 N–H and O–H groups in total. The molecule has 0 spiro atoms. The van der Waals surface area contributed by atoms with E-state index in [0.29, 0.717) is 22.2 Å². The molecule has 1 aromatic carbocycles. The third kappa shape index (κ3) is 4.65. The maximum absolute atomic E-state index is 14.6. The van der Waals surface area contributed by atoms with Crippen molar-refractivity contribution < 1.29 is 4.39 Å². The zero-order valence-corrected chi connectivity index (χ0v) is 17.4. The first-order valence-corrected chi connectivity index (χ1v) is 10.2. The van der Waals surface area contributed by atoms with Crippen LogP contribution >= 0.6 is 23.2 Å². The minimum atomic E-state index is -0.440. The summed E-state index contributed by atoms with van der Waals surface area (Å²) in [5.41, 5.74) is 0.708. The van der Waals surface area contributed by atoms with Crippen molar-refractivity contribution in [2.45, 2.75) is 45.6 Å². The van der Waals surface area contributed by atoms with Crippen LogP contribution in [0.5, 0.6) is 0 Å². The number of nitrogens with zero attached hydrogens (tertiary/aromatic N) is 3. The van der Waals surface area contributed by atoms with Crippen LogP contribution in [0.1, 0.15) is 39.5 Å². The van der Waals surface area contributed by atoms with Crippen LogP contribution in [0.25, 0.3) is 16.9 Å². The van der Waals surface area contributed by atoms with E-state index in [1.165, 1.54) is 12.5 Å². The van der Waals surface area contributed by atoms with Gasteiger partial charge in [0.15, 0.2) is 5.82 Å². The molecule has 0 amide bonds. The van der Waals surface area contributed by atoms with Crippen LogP contribution in [-0.2, 0) is 0 Å². The van der Waals surface area contributed by atoms with Gasteiger partial charge in [-0.15, -0.1) is 0 Å². The fourth-order valence-electron chi connectivity index (χ4n) is 3.11. The number of aromatic nitrogens is 3. The summed E-state index contributed by atoms with van der Waals surface area (Å²) in [6.45, 7) is 4.25. The first kappa shape index (κ1) is 20.6. The molecule has 1 unspecified atom stereocenters. The molecule has 1 atom stereocenters. The van der Waals surface area contributed by atoms with Gasteiger partial charge < -0.3 is 5.32 Å². The van der Waals surface area contributed by atoms with Crippen LogP contribution in [0.15, 0.2) is 42.7 Å². The largest absolute Gasteiger partial charge is 0.367 e. The monoisotopic (exact) mass is 420 g/mol. The molecule has 0 aliphatic heterocycles. The van der Waals surface area contributed by atoms with Gasteiger partial charge in [-0.1, -0.05) is 55.5 Å². The molecule has 0 bridgehead atoms. The molecule has 0 aliphatic carbocycles. The minimum Gasteiger partial charge on any atom is -0.367 e. The molecule has 0 saturated heterocycles. The smallest absolute Gasteiger partial charge is 0.157 e. The average molecular weight is 421 g/mol. The van der Waals surface area contributed by atoms with E-state index in [2.05, 4.69) is 29.2 Å². The molecule has 0 aliphatic rings. The van der Waals surface area contributed by atoms with Crippen molar-refractivity contribution in [3.05, 3.63) is 58.6 Å². The van der Waals surface area contributed by atoms with Crippen LogP contribution in [0.4, 0.5) is 10.2 Å². The maximum atomic E-state index is 14.6. The van der Waals surface area contributed by atoms with Crippen molar-refractivity contribution in [3.8, 4) is 16.9 Å². The SMILES string of the molecule is CCCCCC(C)Nc1nc(-n2cccn2)cc(Cl)c1-c1c(F)cccc1Cl. The molecule has 0 fully saturated rings. The number of hydrogen-bond donors (Lipinski definition) is 1. The standard InChI is InChI=1S/C21H23Cl2FN4/c1-3-4-5-8-14(2)26-21-20(19-15(22)9-6-10-17(19)24)16(23)13-18(27-21)28-12-7-11-25-28/h6-7,9-14H,3-5,8H2,1-2H3,(H,26,27). The summed E-state index contributed by atoms with van der Waals surface area (Å²) in [5.74, 6) is 0.605. The Balaban J connectivity index is 2.07. The zero-order chi connectivity index (χ0) is 20.1. The summed E-state index contributed by atoms with van der Waals surface area (Å²) in [7, 11) is 0. The zero-order valence-electron chi connectivity index (χ0n) is 15.9. The molecule has 0 radical (unpaired) electrons. The molecule has 7 heteroatoms. The van der Waals surface area contributed by atoms with E-state index in [1.54, 1.807) is 41.3 Å². The van der Waals surface area contributed by atoms with Gasteiger partial charge in [0.25, 0.3) is 0 Å². The van der Waals surface area contributed by atoms with E-state index in [1.807, 2.05) is 0 Å². The lowest BCUT2D eigenvalue weighted by atomic mass is 10.0. The predicted molar refractivity (Wildman–Crippen MR) is 114 cm³/mol. The van der Waals surface area contributed by atoms with Gasteiger partial charge in [-0.3, -0.25) is 0 Å². The van der Waals surface area contributed by atoms with E-state index in [9.17, 15) is 4.39 Å². The number of hydrogen-bond acceptors (Lipinski definition) is 3. The van der Waals surface area contributed by atoms with Gasteiger partial charge in [0.1, 0.15) is 11.6 Å². The van der Waals surface area contributed by atoms with Gasteiger partial charge in [0.2, 0.25) is 0 Å². The summed E-state index contributed by atoms with van der Waals surface area (Å²) in [6, 6.07) is 8.20. The number of anilines is 1. The van der Waals surface area contributed by atoms with Crippen LogP contribution in [0.3, 0.4) is 0 Å². The fraction of sp³-hybridized carbons (Fsp3) is 0.333. The highest BCUT2D eigenvalue weighted by Gasteiger charge is 2.21. The van der Waals surface area contributed by atoms with E-state index in [0.717, 1.165) is 19.3 Å². The molecule has 4 nitrogen and oxygen atoms in total. The first-order chi connectivity index (χ1) is 13.5. The number of rotatable bonds is 8. The van der Waals surface area contributed by atoms with Gasteiger partial charge in [-0.25, -0.2) is 14.1 Å². The molecule has 3 rings (SSSR count). The number of unbranched alkanes of at least 4 members (excludes halogenated alkanes) is 2. The van der Waals surface area contributed by atoms with Crippen molar-refractivity contribution in [2.24, 2.45) is 0 Å². The maximum Gasteiger partial charge on any atom is 0.157 e. The van der Waals surface area contributed by atoms with Crippen LogP contribution in [0, 0.1) is 5.82 Å². The summed E-state index contributed by atoms with van der Waals surface area (Å²) in [6.07, 6.45) is 7.85. The summed E-state index contributed by atoms with van der Waals surface area (Å²) < 4.78 is 16.3. The summed E-state index contributed by atoms with van der Waals surface area (Å²) >= 11 is 12.9. The van der Waals surface area contributed by atoms with Crippen molar-refractivity contribution in [1.82, 2.24) is 14.8 Å². The number of nitrogens with one attached hydrogen (secondary N) is 1. The Labute approximate surface area is 174 Å². The van der Waals surface area contributed by atoms with Crippen LogP contribution < -0.4 is 5.32 Å². The Kier molecular flexibility index (Phi) is 6.92. The average Bonchev–Trinajstić information content (AvgIpc) is 3.18. The molecule has 0 saturated carbocycles. The predicted octanol–water partition coefficient (Wildman–Crippen LogP) is 6.76. The lowest BCUT2D eigenvalue weighted by molar-refractivity contribution is 0.613. The Morgan fingerprint density at radius 3 is 2.64 bits per heavy atom. The highest BCUT2D eigenvalue weighted by molar-refractivity contribution is 6.37. The van der Waals surface area contributed by atoms with Gasteiger partial charge in [0.05, 0.1) is 10.0 Å². The number of halogens is 3. The number of pyridine rings is 1. The lowest BCUT2D eigenvalue weighted by Gasteiger charge is -2.20. The summed E-state index contributed by atoms with van der Waals surface area (Å²) in [4.78, 5) is 4.68. The van der Waals surface area contributed by atoms with Gasteiger partial charge in [-0.2, -0.15) is 5.10 Å². The highest BCUT2D eigenvalue weighted by atomic mass is 35.5. The Hall–Kier alpha value is -2.11. The normalized spacial score (nSPS) is 12.2. The topological polar surface area (TPSA) is 42.7 Å². The minimum absolute atomic E-state index is 0.146. The second-order valence-electron chi connectivity index (χ2n) is 6.77. The summed E-state index contributed by atoms with van der Waals surface area (Å²) in [5, 5.41) is 8.26.